The van der Waals surface area contributed by atoms with Crippen molar-refractivity contribution in [3.63, 3.8) is 0 Å². The van der Waals surface area contributed by atoms with E-state index in [4.69, 9.17) is 5.11 Å². The zero-order valence-corrected chi connectivity index (χ0v) is 8.03. The number of carboxylic acids is 1. The van der Waals surface area contributed by atoms with Crippen LogP contribution in [0.4, 0.5) is 0 Å². The molecule has 0 aliphatic carbocycles. The Labute approximate surface area is 76.9 Å². The summed E-state index contributed by atoms with van der Waals surface area (Å²) in [6, 6.07) is 0. The molecule has 0 spiro atoms. The molecule has 0 bridgehead atoms. The molecule has 1 N–H and O–H groups in total. The van der Waals surface area contributed by atoms with Gasteiger partial charge in [0.2, 0.25) is 5.60 Å². The molecule has 0 saturated carbocycles. The Morgan fingerprint density at radius 2 is 2.31 bits per heavy atom. The Kier molecular flexibility index (Phi) is 2.32. The molecule has 0 unspecified atom stereocenters. The van der Waals surface area contributed by atoms with Crippen molar-refractivity contribution in [2.75, 3.05) is 0 Å². The van der Waals surface area contributed by atoms with Crippen LogP contribution in [0.2, 0.25) is 0 Å². The van der Waals surface area contributed by atoms with Gasteiger partial charge in [0, 0.05) is 0 Å². The zero-order chi connectivity index (χ0) is 10.2. The minimum Gasteiger partial charge on any atom is -0.478 e. The predicted octanol–water partition coefficient (Wildman–Crippen LogP) is 1.05. The molecular formula is C9H14O4. The van der Waals surface area contributed by atoms with E-state index >= 15 is 0 Å². The van der Waals surface area contributed by atoms with Crippen LogP contribution in [0.15, 0.2) is 0 Å². The van der Waals surface area contributed by atoms with Gasteiger partial charge in [-0.05, 0) is 12.8 Å². The molecular weight excluding hydrogens is 172 g/mol. The SMILES string of the molecule is CC[C@H](C)[C@@H]1C(=O)O[C@@]1(C)C(=O)O. The third kappa shape index (κ3) is 1.30. The number of esters is 1. The van der Waals surface area contributed by atoms with Crippen molar-refractivity contribution >= 4 is 11.9 Å². The number of cyclic esters (lactones) is 1. The molecule has 0 aromatic rings. The summed E-state index contributed by atoms with van der Waals surface area (Å²) in [5.41, 5.74) is -1.30. The highest BCUT2D eigenvalue weighted by molar-refractivity contribution is 5.94. The highest BCUT2D eigenvalue weighted by atomic mass is 16.6. The van der Waals surface area contributed by atoms with Crippen LogP contribution in [0.25, 0.3) is 0 Å². The van der Waals surface area contributed by atoms with Crippen molar-refractivity contribution < 1.29 is 19.4 Å². The van der Waals surface area contributed by atoms with Gasteiger partial charge in [-0.1, -0.05) is 20.3 Å². The molecule has 13 heavy (non-hydrogen) atoms. The fraction of sp³-hybridized carbons (Fsp3) is 0.778. The van der Waals surface area contributed by atoms with Gasteiger partial charge < -0.3 is 9.84 Å². The topological polar surface area (TPSA) is 63.6 Å². The number of aliphatic carboxylic acids is 1. The van der Waals surface area contributed by atoms with Gasteiger partial charge in [0.25, 0.3) is 0 Å². The maximum atomic E-state index is 11.1. The van der Waals surface area contributed by atoms with Gasteiger partial charge in [0.1, 0.15) is 5.92 Å². The fourth-order valence-corrected chi connectivity index (χ4v) is 1.69. The number of rotatable bonds is 3. The van der Waals surface area contributed by atoms with E-state index in [0.29, 0.717) is 0 Å². The first-order valence-corrected chi connectivity index (χ1v) is 4.39. The summed E-state index contributed by atoms with van der Waals surface area (Å²) in [5.74, 6) is -1.88. The lowest BCUT2D eigenvalue weighted by atomic mass is 9.74. The Morgan fingerprint density at radius 1 is 1.77 bits per heavy atom. The zero-order valence-electron chi connectivity index (χ0n) is 8.03. The minimum absolute atomic E-state index is 0.0577. The summed E-state index contributed by atoms with van der Waals surface area (Å²) in [6.45, 7) is 5.25. The summed E-state index contributed by atoms with van der Waals surface area (Å²) < 4.78 is 4.69. The third-order valence-electron chi connectivity index (χ3n) is 2.80. The molecule has 3 atom stereocenters. The number of hydrogen-bond acceptors (Lipinski definition) is 3. The lowest BCUT2D eigenvalue weighted by Crippen LogP contribution is -2.62. The van der Waals surface area contributed by atoms with Crippen LogP contribution in [0, 0.1) is 11.8 Å². The molecule has 1 fully saturated rings. The van der Waals surface area contributed by atoms with Crippen molar-refractivity contribution in [3.8, 4) is 0 Å². The molecule has 4 heteroatoms. The number of hydrogen-bond donors (Lipinski definition) is 1. The third-order valence-corrected chi connectivity index (χ3v) is 2.80. The van der Waals surface area contributed by atoms with Crippen LogP contribution in [0.5, 0.6) is 0 Å². The summed E-state index contributed by atoms with van der Waals surface area (Å²) in [7, 11) is 0. The van der Waals surface area contributed by atoms with Crippen LogP contribution in [0.1, 0.15) is 27.2 Å². The van der Waals surface area contributed by atoms with Gasteiger partial charge in [-0.25, -0.2) is 4.79 Å². The Morgan fingerprint density at radius 3 is 2.62 bits per heavy atom. The average Bonchev–Trinajstić information content (AvgIpc) is 2.02. The highest BCUT2D eigenvalue weighted by Crippen LogP contribution is 2.40. The number of carboxylic acid groups (broad SMARTS) is 1. The quantitative estimate of drug-likeness (QED) is 0.669. The molecule has 4 nitrogen and oxygen atoms in total. The average molecular weight is 186 g/mol. The second-order valence-electron chi connectivity index (χ2n) is 3.70. The molecule has 0 aromatic carbocycles. The van der Waals surface area contributed by atoms with Crippen molar-refractivity contribution in [1.82, 2.24) is 0 Å². The lowest BCUT2D eigenvalue weighted by molar-refractivity contribution is -0.224. The molecule has 1 saturated heterocycles. The summed E-state index contributed by atoms with van der Waals surface area (Å²) in [5, 5.41) is 8.85. The monoisotopic (exact) mass is 186 g/mol. The van der Waals surface area contributed by atoms with E-state index in [1.165, 1.54) is 6.92 Å². The van der Waals surface area contributed by atoms with Gasteiger partial charge in [-0.2, -0.15) is 0 Å². The molecule has 1 aliphatic heterocycles. The second kappa shape index (κ2) is 3.01. The van der Waals surface area contributed by atoms with Crippen molar-refractivity contribution in [2.45, 2.75) is 32.8 Å². The molecule has 1 heterocycles. The van der Waals surface area contributed by atoms with Gasteiger partial charge in [-0.3, -0.25) is 4.79 Å². The first kappa shape index (κ1) is 10.0. The second-order valence-corrected chi connectivity index (χ2v) is 3.70. The van der Waals surface area contributed by atoms with E-state index in [9.17, 15) is 9.59 Å². The normalized spacial score (nSPS) is 34.7. The van der Waals surface area contributed by atoms with Gasteiger partial charge >= 0.3 is 11.9 Å². The molecule has 1 rings (SSSR count). The van der Waals surface area contributed by atoms with E-state index in [1.807, 2.05) is 13.8 Å². The van der Waals surface area contributed by atoms with Gasteiger partial charge in [0.05, 0.1) is 0 Å². The Bertz CT molecular complexity index is 248. The summed E-state index contributed by atoms with van der Waals surface area (Å²) >= 11 is 0. The van der Waals surface area contributed by atoms with Crippen molar-refractivity contribution in [1.29, 1.82) is 0 Å². The van der Waals surface area contributed by atoms with Crippen molar-refractivity contribution in [2.24, 2.45) is 11.8 Å². The predicted molar refractivity (Wildman–Crippen MR) is 45.1 cm³/mol. The highest BCUT2D eigenvalue weighted by Gasteiger charge is 2.60. The molecule has 0 aromatic heterocycles. The summed E-state index contributed by atoms with van der Waals surface area (Å²) in [6.07, 6.45) is 0.780. The van der Waals surface area contributed by atoms with Crippen LogP contribution in [0.3, 0.4) is 0 Å². The van der Waals surface area contributed by atoms with E-state index < -0.39 is 17.5 Å². The Balaban J connectivity index is 2.82. The largest absolute Gasteiger partial charge is 0.478 e. The number of carbonyl (C=O) groups excluding carboxylic acids is 1. The first-order chi connectivity index (χ1) is 5.93. The number of carbonyl (C=O) groups is 2. The molecule has 0 amide bonds. The van der Waals surface area contributed by atoms with E-state index in [-0.39, 0.29) is 11.9 Å². The summed E-state index contributed by atoms with van der Waals surface area (Å²) in [4.78, 5) is 21.9. The van der Waals surface area contributed by atoms with E-state index in [0.717, 1.165) is 6.42 Å². The fourth-order valence-electron chi connectivity index (χ4n) is 1.69. The first-order valence-electron chi connectivity index (χ1n) is 4.39. The van der Waals surface area contributed by atoms with Crippen LogP contribution < -0.4 is 0 Å². The van der Waals surface area contributed by atoms with E-state index in [2.05, 4.69) is 4.74 Å². The van der Waals surface area contributed by atoms with E-state index in [1.54, 1.807) is 0 Å². The maximum absolute atomic E-state index is 11.1. The molecule has 0 radical (unpaired) electrons. The standard InChI is InChI=1S/C9H14O4/c1-4-5(2)6-7(10)13-9(6,3)8(11)12/h5-6H,4H2,1-3H3,(H,11,12)/t5-,6+,9+/m0/s1. The number of ether oxygens (including phenoxy) is 1. The molecule has 1 aliphatic rings. The van der Waals surface area contributed by atoms with Crippen LogP contribution >= 0.6 is 0 Å². The maximum Gasteiger partial charge on any atom is 0.348 e. The van der Waals surface area contributed by atoms with Gasteiger partial charge in [-0.15, -0.1) is 0 Å². The minimum atomic E-state index is -1.30. The van der Waals surface area contributed by atoms with Crippen LogP contribution in [-0.2, 0) is 14.3 Å². The smallest absolute Gasteiger partial charge is 0.348 e. The Hall–Kier alpha value is -1.06. The van der Waals surface area contributed by atoms with Gasteiger partial charge in [0.15, 0.2) is 0 Å². The molecule has 74 valence electrons. The lowest BCUT2D eigenvalue weighted by Gasteiger charge is -2.44. The van der Waals surface area contributed by atoms with Crippen molar-refractivity contribution in [3.05, 3.63) is 0 Å². The van der Waals surface area contributed by atoms with Crippen LogP contribution in [-0.4, -0.2) is 22.6 Å².